The number of imidazole rings is 1. The van der Waals surface area contributed by atoms with Gasteiger partial charge in [0.1, 0.15) is 5.82 Å². The van der Waals surface area contributed by atoms with E-state index in [2.05, 4.69) is 4.98 Å². The van der Waals surface area contributed by atoms with E-state index >= 15 is 0 Å². The van der Waals surface area contributed by atoms with Gasteiger partial charge in [-0.25, -0.2) is 9.78 Å². The number of rotatable bonds is 3. The summed E-state index contributed by atoms with van der Waals surface area (Å²) in [4.78, 5) is 21.7. The number of aliphatic imine (C=N–C) groups is 1. The second-order valence-electron chi connectivity index (χ2n) is 6.32. The summed E-state index contributed by atoms with van der Waals surface area (Å²) in [6, 6.07) is 13.1. The summed E-state index contributed by atoms with van der Waals surface area (Å²) in [7, 11) is 0. The predicted molar refractivity (Wildman–Crippen MR) is 110 cm³/mol. The van der Waals surface area contributed by atoms with E-state index in [9.17, 15) is 4.79 Å². The van der Waals surface area contributed by atoms with E-state index in [1.807, 2.05) is 54.0 Å². The molecule has 5 nitrogen and oxygen atoms in total. The quantitative estimate of drug-likeness (QED) is 0.566. The zero-order valence-electron chi connectivity index (χ0n) is 15.4. The number of nitrogens with zero attached hydrogens (tertiary/aromatic N) is 3. The highest BCUT2D eigenvalue weighted by Gasteiger charge is 2.27. The summed E-state index contributed by atoms with van der Waals surface area (Å²) < 4.78 is 7.12. The number of hydrogen-bond acceptors (Lipinski definition) is 4. The van der Waals surface area contributed by atoms with E-state index in [0.29, 0.717) is 21.6 Å². The molecule has 0 aliphatic carbocycles. The van der Waals surface area contributed by atoms with Crippen LogP contribution >= 0.6 is 23.2 Å². The van der Waals surface area contributed by atoms with Crippen LogP contribution in [0.25, 0.3) is 5.69 Å². The molecule has 0 spiro atoms. The number of esters is 1. The maximum absolute atomic E-state index is 12.4. The molecule has 0 saturated heterocycles. The van der Waals surface area contributed by atoms with Crippen LogP contribution in [0.4, 0.5) is 0 Å². The molecule has 0 N–H and O–H groups in total. The third kappa shape index (κ3) is 3.11. The molecule has 2 aromatic carbocycles. The highest BCUT2D eigenvalue weighted by Crippen LogP contribution is 2.32. The summed E-state index contributed by atoms with van der Waals surface area (Å²) in [5, 5.41) is 1.18. The van der Waals surface area contributed by atoms with Crippen molar-refractivity contribution in [3.8, 4) is 5.69 Å². The fourth-order valence-corrected chi connectivity index (χ4v) is 3.82. The van der Waals surface area contributed by atoms with Gasteiger partial charge >= 0.3 is 5.97 Å². The van der Waals surface area contributed by atoms with E-state index in [1.165, 1.54) is 0 Å². The summed E-state index contributed by atoms with van der Waals surface area (Å²) in [6.07, 6.45) is 0. The minimum Gasteiger partial charge on any atom is -0.461 e. The first-order valence-electron chi connectivity index (χ1n) is 8.86. The van der Waals surface area contributed by atoms with Crippen molar-refractivity contribution in [2.75, 3.05) is 6.61 Å². The Bertz CT molecular complexity index is 1120. The molecule has 142 valence electrons. The number of halogens is 2. The molecule has 1 aliphatic heterocycles. The lowest BCUT2D eigenvalue weighted by Gasteiger charge is -2.14. The highest BCUT2D eigenvalue weighted by atomic mass is 35.5. The van der Waals surface area contributed by atoms with Crippen molar-refractivity contribution in [2.24, 2.45) is 4.99 Å². The maximum atomic E-state index is 12.4. The Morgan fingerprint density at radius 3 is 2.71 bits per heavy atom. The third-order valence-corrected chi connectivity index (χ3v) is 5.14. The van der Waals surface area contributed by atoms with E-state index in [1.54, 1.807) is 6.92 Å². The highest BCUT2D eigenvalue weighted by molar-refractivity contribution is 6.36. The Morgan fingerprint density at radius 1 is 1.18 bits per heavy atom. The summed E-state index contributed by atoms with van der Waals surface area (Å²) in [5.41, 5.74) is 4.17. The van der Waals surface area contributed by atoms with Crippen molar-refractivity contribution in [1.29, 1.82) is 0 Å². The number of carbonyl (C=O) groups excluding carboxylic acids is 1. The lowest BCUT2D eigenvalue weighted by atomic mass is 10.0. The minimum absolute atomic E-state index is 0.266. The van der Waals surface area contributed by atoms with Crippen molar-refractivity contribution in [3.63, 3.8) is 0 Å². The molecule has 0 unspecified atom stereocenters. The molecule has 7 heteroatoms. The minimum atomic E-state index is -0.453. The van der Waals surface area contributed by atoms with Crippen LogP contribution < -0.4 is 0 Å². The van der Waals surface area contributed by atoms with E-state index in [4.69, 9.17) is 32.9 Å². The number of ether oxygens (including phenoxy) is 1. The van der Waals surface area contributed by atoms with Crippen LogP contribution in [-0.2, 0) is 11.3 Å². The monoisotopic (exact) mass is 413 g/mol. The Morgan fingerprint density at radius 2 is 1.96 bits per heavy atom. The fourth-order valence-electron chi connectivity index (χ4n) is 3.42. The van der Waals surface area contributed by atoms with Crippen LogP contribution in [0.2, 0.25) is 10.0 Å². The van der Waals surface area contributed by atoms with Gasteiger partial charge in [0, 0.05) is 21.2 Å². The Balaban J connectivity index is 1.98. The average Bonchev–Trinajstić information content (AvgIpc) is 2.90. The van der Waals surface area contributed by atoms with Crippen molar-refractivity contribution in [2.45, 2.75) is 20.4 Å². The first-order valence-corrected chi connectivity index (χ1v) is 9.61. The van der Waals surface area contributed by atoms with Crippen LogP contribution in [0.3, 0.4) is 0 Å². The van der Waals surface area contributed by atoms with Crippen molar-refractivity contribution < 1.29 is 9.53 Å². The van der Waals surface area contributed by atoms with Crippen molar-refractivity contribution in [1.82, 2.24) is 9.55 Å². The van der Waals surface area contributed by atoms with Gasteiger partial charge in [-0.3, -0.25) is 9.56 Å². The zero-order chi connectivity index (χ0) is 19.8. The Hall–Kier alpha value is -2.63. The van der Waals surface area contributed by atoms with Crippen molar-refractivity contribution >= 4 is 34.9 Å². The molecular formula is C21H17Cl2N3O2. The molecule has 28 heavy (non-hydrogen) atoms. The molecule has 0 bridgehead atoms. The summed E-state index contributed by atoms with van der Waals surface area (Å²) in [6.45, 7) is 4.17. The van der Waals surface area contributed by atoms with Gasteiger partial charge < -0.3 is 4.74 Å². The van der Waals surface area contributed by atoms with Crippen LogP contribution in [-0.4, -0.2) is 27.8 Å². The molecule has 3 aromatic rings. The second kappa shape index (κ2) is 7.41. The van der Waals surface area contributed by atoms with Gasteiger partial charge in [-0.05, 0) is 38.1 Å². The Kier molecular flexibility index (Phi) is 4.96. The number of aromatic nitrogens is 2. The van der Waals surface area contributed by atoms with Crippen LogP contribution in [0.15, 0.2) is 47.5 Å². The standard InChI is InChI=1S/C21H17Cl2N3O2/c1-3-28-21(27)20-18-11-24-19(14-6-4-5-7-16(14)23)15-10-13(22)8-9-17(15)26(18)12(2)25-20/h4-10H,3,11H2,1-2H3. The number of benzene rings is 2. The second-order valence-corrected chi connectivity index (χ2v) is 7.16. The molecule has 0 atom stereocenters. The van der Waals surface area contributed by atoms with Gasteiger partial charge in [0.15, 0.2) is 5.69 Å². The smallest absolute Gasteiger partial charge is 0.358 e. The lowest BCUT2D eigenvalue weighted by molar-refractivity contribution is 0.0518. The summed E-state index contributed by atoms with van der Waals surface area (Å²) >= 11 is 12.7. The number of carbonyl (C=O) groups is 1. The molecular weight excluding hydrogens is 397 g/mol. The van der Waals surface area contributed by atoms with E-state index < -0.39 is 5.97 Å². The van der Waals surface area contributed by atoms with E-state index in [-0.39, 0.29) is 18.8 Å². The SMILES string of the molecule is CCOC(=O)c1nc(C)n2c1CN=C(c1ccccc1Cl)c1cc(Cl)ccc1-2. The molecule has 2 heterocycles. The first kappa shape index (κ1) is 18.7. The topological polar surface area (TPSA) is 56.5 Å². The third-order valence-electron chi connectivity index (χ3n) is 4.58. The van der Waals surface area contributed by atoms with Gasteiger partial charge in [-0.2, -0.15) is 0 Å². The average molecular weight is 414 g/mol. The van der Waals surface area contributed by atoms with Gasteiger partial charge in [-0.15, -0.1) is 0 Å². The maximum Gasteiger partial charge on any atom is 0.358 e. The fraction of sp³-hybridized carbons (Fsp3) is 0.190. The molecule has 0 amide bonds. The van der Waals surface area contributed by atoms with Gasteiger partial charge in [-0.1, -0.05) is 41.4 Å². The molecule has 1 aromatic heterocycles. The van der Waals surface area contributed by atoms with Crippen molar-refractivity contribution in [3.05, 3.63) is 80.8 Å². The number of fused-ring (bicyclic) bond motifs is 3. The largest absolute Gasteiger partial charge is 0.461 e. The summed E-state index contributed by atoms with van der Waals surface area (Å²) in [5.74, 6) is 0.225. The molecule has 0 saturated carbocycles. The van der Waals surface area contributed by atoms with Crippen LogP contribution in [0.1, 0.15) is 40.1 Å². The van der Waals surface area contributed by atoms with Gasteiger partial charge in [0.2, 0.25) is 0 Å². The van der Waals surface area contributed by atoms with Crippen LogP contribution in [0.5, 0.6) is 0 Å². The first-order chi connectivity index (χ1) is 13.5. The van der Waals surface area contributed by atoms with Gasteiger partial charge in [0.25, 0.3) is 0 Å². The molecule has 1 aliphatic rings. The van der Waals surface area contributed by atoms with E-state index in [0.717, 1.165) is 22.5 Å². The van der Waals surface area contributed by atoms with Gasteiger partial charge in [0.05, 0.1) is 30.2 Å². The Labute approximate surface area is 172 Å². The number of hydrogen-bond donors (Lipinski definition) is 0. The normalized spacial score (nSPS) is 12.6. The number of aryl methyl sites for hydroxylation is 1. The molecule has 0 fully saturated rings. The van der Waals surface area contributed by atoms with Crippen LogP contribution in [0, 0.1) is 6.92 Å². The molecule has 0 radical (unpaired) electrons. The predicted octanol–water partition coefficient (Wildman–Crippen LogP) is 5.02. The zero-order valence-corrected chi connectivity index (χ0v) is 16.9. The molecule has 4 rings (SSSR count). The lowest BCUT2D eigenvalue weighted by Crippen LogP contribution is -2.10.